The second-order valence-electron chi connectivity index (χ2n) is 4.57. The summed E-state index contributed by atoms with van der Waals surface area (Å²) in [6.07, 6.45) is 0. The third-order valence-electron chi connectivity index (χ3n) is 3.18. The maximum atomic E-state index is 13.3. The molecule has 4 heteroatoms. The molecule has 1 heterocycles. The number of hydrogen-bond donors (Lipinski definition) is 2. The van der Waals surface area contributed by atoms with Crippen LogP contribution in [0.25, 0.3) is 10.9 Å². The Bertz CT molecular complexity index is 531. The van der Waals surface area contributed by atoms with E-state index >= 15 is 0 Å². The number of fused-ring (bicyclic) bond motifs is 1. The smallest absolute Gasteiger partial charge is 0.123 e. The van der Waals surface area contributed by atoms with Gasteiger partial charge in [0.25, 0.3) is 0 Å². The molecule has 2 rings (SSSR count). The lowest BCUT2D eigenvalue weighted by Gasteiger charge is -2.23. The van der Waals surface area contributed by atoms with E-state index in [9.17, 15) is 4.39 Å². The molecule has 0 aliphatic carbocycles. The van der Waals surface area contributed by atoms with Crippen molar-refractivity contribution in [2.24, 2.45) is 5.73 Å². The zero-order chi connectivity index (χ0) is 12.6. The van der Waals surface area contributed by atoms with Crippen molar-refractivity contribution >= 4 is 10.9 Å². The molecule has 0 amide bonds. The molecule has 1 aromatic heterocycles. The summed E-state index contributed by atoms with van der Waals surface area (Å²) < 4.78 is 13.3. The lowest BCUT2D eigenvalue weighted by molar-refractivity contribution is 0.307. The third-order valence-corrected chi connectivity index (χ3v) is 3.18. The van der Waals surface area contributed by atoms with E-state index in [-0.39, 0.29) is 11.9 Å². The van der Waals surface area contributed by atoms with Crippen LogP contribution in [0.3, 0.4) is 0 Å². The van der Waals surface area contributed by atoms with Gasteiger partial charge in [0, 0.05) is 29.2 Å². The van der Waals surface area contributed by atoms with Crippen LogP contribution in [-0.2, 0) is 0 Å². The highest BCUT2D eigenvalue weighted by Crippen LogP contribution is 2.30. The molecule has 0 aliphatic rings. The predicted octanol–water partition coefficient (Wildman–Crippen LogP) is 2.18. The van der Waals surface area contributed by atoms with Crippen LogP contribution in [0, 0.1) is 12.7 Å². The Morgan fingerprint density at radius 3 is 2.71 bits per heavy atom. The predicted molar refractivity (Wildman–Crippen MR) is 68.5 cm³/mol. The molecule has 0 bridgehead atoms. The monoisotopic (exact) mass is 235 g/mol. The first-order chi connectivity index (χ1) is 8.04. The highest BCUT2D eigenvalue weighted by Gasteiger charge is 2.19. The van der Waals surface area contributed by atoms with Gasteiger partial charge in [0.1, 0.15) is 5.82 Å². The third kappa shape index (κ3) is 2.06. The van der Waals surface area contributed by atoms with Crippen molar-refractivity contribution in [2.45, 2.75) is 13.0 Å². The highest BCUT2D eigenvalue weighted by molar-refractivity contribution is 5.85. The fourth-order valence-electron chi connectivity index (χ4n) is 2.34. The van der Waals surface area contributed by atoms with E-state index in [1.807, 2.05) is 21.0 Å². The Morgan fingerprint density at radius 2 is 2.12 bits per heavy atom. The minimum absolute atomic E-state index is 0.102. The first-order valence-electron chi connectivity index (χ1n) is 5.68. The number of likely N-dealkylation sites (N-methyl/N-ethyl adjacent to an activating group) is 1. The fourth-order valence-corrected chi connectivity index (χ4v) is 2.34. The number of aromatic amines is 1. The van der Waals surface area contributed by atoms with Gasteiger partial charge in [0.15, 0.2) is 0 Å². The number of halogens is 1. The second-order valence-corrected chi connectivity index (χ2v) is 4.57. The average Bonchev–Trinajstić information content (AvgIpc) is 2.56. The van der Waals surface area contributed by atoms with E-state index in [1.165, 1.54) is 6.07 Å². The van der Waals surface area contributed by atoms with Crippen LogP contribution in [0.2, 0.25) is 0 Å². The maximum Gasteiger partial charge on any atom is 0.123 e. The van der Waals surface area contributed by atoms with Gasteiger partial charge in [-0.15, -0.1) is 0 Å². The molecule has 17 heavy (non-hydrogen) atoms. The largest absolute Gasteiger partial charge is 0.358 e. The number of aryl methyl sites for hydroxylation is 1. The van der Waals surface area contributed by atoms with Crippen molar-refractivity contribution < 1.29 is 4.39 Å². The average molecular weight is 235 g/mol. The quantitative estimate of drug-likeness (QED) is 0.856. The summed E-state index contributed by atoms with van der Waals surface area (Å²) in [5.74, 6) is -0.215. The number of rotatable bonds is 3. The number of H-pyrrole nitrogens is 1. The molecule has 92 valence electrons. The number of nitrogens with one attached hydrogen (secondary N) is 1. The Balaban J connectivity index is 2.66. The zero-order valence-electron chi connectivity index (χ0n) is 10.4. The topological polar surface area (TPSA) is 45.1 Å². The summed E-state index contributed by atoms with van der Waals surface area (Å²) in [7, 11) is 3.96. The lowest BCUT2D eigenvalue weighted by Crippen LogP contribution is -2.27. The molecular formula is C13H18FN3. The summed E-state index contributed by atoms with van der Waals surface area (Å²) in [5, 5.41) is 0.923. The van der Waals surface area contributed by atoms with Crippen molar-refractivity contribution in [3.63, 3.8) is 0 Å². The zero-order valence-corrected chi connectivity index (χ0v) is 10.4. The Labute approximate surface area is 100 Å². The molecule has 1 atom stereocenters. The Hall–Kier alpha value is -1.39. The van der Waals surface area contributed by atoms with Gasteiger partial charge in [-0.05, 0) is 44.8 Å². The van der Waals surface area contributed by atoms with Crippen molar-refractivity contribution in [3.05, 3.63) is 35.3 Å². The van der Waals surface area contributed by atoms with E-state index in [0.29, 0.717) is 6.54 Å². The standard InChI is InChI=1S/C13H18FN3/c1-8-13(12(7-15)17(2)3)10-6-9(14)4-5-11(10)16-8/h4-6,12,16H,7,15H2,1-3H3. The number of aromatic nitrogens is 1. The van der Waals surface area contributed by atoms with Crippen LogP contribution < -0.4 is 5.73 Å². The number of hydrogen-bond acceptors (Lipinski definition) is 2. The van der Waals surface area contributed by atoms with Crippen molar-refractivity contribution in [2.75, 3.05) is 20.6 Å². The van der Waals surface area contributed by atoms with Crippen LogP contribution in [0.4, 0.5) is 4.39 Å². The number of nitrogens with zero attached hydrogens (tertiary/aromatic N) is 1. The van der Waals surface area contributed by atoms with Crippen LogP contribution in [0.15, 0.2) is 18.2 Å². The van der Waals surface area contributed by atoms with Crippen LogP contribution in [0.1, 0.15) is 17.3 Å². The Kier molecular flexibility index (Phi) is 3.17. The van der Waals surface area contributed by atoms with Gasteiger partial charge < -0.3 is 15.6 Å². The molecule has 3 nitrogen and oxygen atoms in total. The number of benzene rings is 1. The Morgan fingerprint density at radius 1 is 1.41 bits per heavy atom. The molecule has 0 saturated heterocycles. The summed E-state index contributed by atoms with van der Waals surface area (Å²) in [5.41, 5.74) is 8.91. The molecule has 0 radical (unpaired) electrons. The molecular weight excluding hydrogens is 217 g/mol. The first kappa shape index (κ1) is 12.1. The second kappa shape index (κ2) is 4.47. The van der Waals surface area contributed by atoms with Crippen molar-refractivity contribution in [1.82, 2.24) is 9.88 Å². The van der Waals surface area contributed by atoms with Gasteiger partial charge in [0.05, 0.1) is 0 Å². The van der Waals surface area contributed by atoms with E-state index in [4.69, 9.17) is 5.73 Å². The van der Waals surface area contributed by atoms with Crippen molar-refractivity contribution in [3.8, 4) is 0 Å². The van der Waals surface area contributed by atoms with Crippen LogP contribution in [0.5, 0.6) is 0 Å². The highest BCUT2D eigenvalue weighted by atomic mass is 19.1. The summed E-state index contributed by atoms with van der Waals surface area (Å²) in [4.78, 5) is 5.33. The minimum Gasteiger partial charge on any atom is -0.358 e. The first-order valence-corrected chi connectivity index (χ1v) is 5.68. The minimum atomic E-state index is -0.215. The summed E-state index contributed by atoms with van der Waals surface area (Å²) in [6.45, 7) is 2.51. The van der Waals surface area contributed by atoms with Gasteiger partial charge in [-0.1, -0.05) is 0 Å². The van der Waals surface area contributed by atoms with E-state index in [2.05, 4.69) is 9.88 Å². The molecule has 0 fully saturated rings. The van der Waals surface area contributed by atoms with Gasteiger partial charge >= 0.3 is 0 Å². The molecule has 0 aliphatic heterocycles. The molecule has 1 aromatic carbocycles. The van der Waals surface area contributed by atoms with E-state index < -0.39 is 0 Å². The van der Waals surface area contributed by atoms with Crippen LogP contribution in [-0.4, -0.2) is 30.5 Å². The van der Waals surface area contributed by atoms with Gasteiger partial charge in [0.2, 0.25) is 0 Å². The molecule has 3 N–H and O–H groups in total. The van der Waals surface area contributed by atoms with Crippen LogP contribution >= 0.6 is 0 Å². The molecule has 0 saturated carbocycles. The lowest BCUT2D eigenvalue weighted by atomic mass is 10.0. The van der Waals surface area contributed by atoms with E-state index in [1.54, 1.807) is 12.1 Å². The molecule has 1 unspecified atom stereocenters. The SMILES string of the molecule is Cc1[nH]c2ccc(F)cc2c1C(CN)N(C)C. The van der Waals surface area contributed by atoms with E-state index in [0.717, 1.165) is 22.2 Å². The van der Waals surface area contributed by atoms with Gasteiger partial charge in [-0.2, -0.15) is 0 Å². The molecule has 0 spiro atoms. The fraction of sp³-hybridized carbons (Fsp3) is 0.385. The molecule has 2 aromatic rings. The van der Waals surface area contributed by atoms with Crippen molar-refractivity contribution in [1.29, 1.82) is 0 Å². The maximum absolute atomic E-state index is 13.3. The number of nitrogens with two attached hydrogens (primary N) is 1. The summed E-state index contributed by atoms with van der Waals surface area (Å²) >= 11 is 0. The van der Waals surface area contributed by atoms with Gasteiger partial charge in [-0.3, -0.25) is 0 Å². The summed E-state index contributed by atoms with van der Waals surface area (Å²) in [6, 6.07) is 4.91. The normalized spacial score (nSPS) is 13.5. The van der Waals surface area contributed by atoms with Gasteiger partial charge in [-0.25, -0.2) is 4.39 Å².